The van der Waals surface area contributed by atoms with Crippen LogP contribution in [-0.4, -0.2) is 48.2 Å². The van der Waals surface area contributed by atoms with Crippen molar-refractivity contribution in [2.75, 3.05) is 26.3 Å². The second-order valence-corrected chi connectivity index (χ2v) is 5.40. The quantitative estimate of drug-likeness (QED) is 0.849. The van der Waals surface area contributed by atoms with E-state index in [0.717, 1.165) is 13.1 Å². The highest BCUT2D eigenvalue weighted by atomic mass is 16.7. The first-order valence-corrected chi connectivity index (χ1v) is 6.78. The number of ether oxygens (including phenoxy) is 2. The Morgan fingerprint density at radius 2 is 2.05 bits per heavy atom. The highest BCUT2D eigenvalue weighted by Gasteiger charge is 2.33. The maximum absolute atomic E-state index is 9.18. The topological polar surface area (TPSA) is 41.9 Å². The van der Waals surface area contributed by atoms with Crippen LogP contribution in [0.2, 0.25) is 0 Å². The normalized spacial score (nSPS) is 22.0. The Morgan fingerprint density at radius 3 is 2.63 bits per heavy atom. The molecule has 0 bridgehead atoms. The molecule has 1 aromatic rings. The summed E-state index contributed by atoms with van der Waals surface area (Å²) in [5, 5.41) is 9.18. The first-order valence-electron chi connectivity index (χ1n) is 6.78. The van der Waals surface area contributed by atoms with E-state index in [1.54, 1.807) is 0 Å². The van der Waals surface area contributed by atoms with Gasteiger partial charge in [-0.25, -0.2) is 0 Å². The molecule has 0 amide bonds. The van der Waals surface area contributed by atoms with Crippen molar-refractivity contribution >= 4 is 0 Å². The molecule has 4 nitrogen and oxygen atoms in total. The summed E-state index contributed by atoms with van der Waals surface area (Å²) in [6.07, 6.45) is 0.0743. The van der Waals surface area contributed by atoms with Crippen molar-refractivity contribution in [2.45, 2.75) is 32.3 Å². The summed E-state index contributed by atoms with van der Waals surface area (Å²) in [5.41, 5.74) is 1.24. The molecule has 0 saturated carbocycles. The van der Waals surface area contributed by atoms with Crippen LogP contribution in [0.1, 0.15) is 19.4 Å². The maximum atomic E-state index is 9.18. The fourth-order valence-corrected chi connectivity index (χ4v) is 2.36. The van der Waals surface area contributed by atoms with Crippen LogP contribution in [0.4, 0.5) is 0 Å². The van der Waals surface area contributed by atoms with Crippen LogP contribution < -0.4 is 0 Å². The molecule has 1 aliphatic rings. The molecule has 0 radical (unpaired) electrons. The highest BCUT2D eigenvalue weighted by Crippen LogP contribution is 2.23. The van der Waals surface area contributed by atoms with Gasteiger partial charge in [0, 0.05) is 19.6 Å². The second-order valence-electron chi connectivity index (χ2n) is 5.40. The zero-order valence-electron chi connectivity index (χ0n) is 11.7. The summed E-state index contributed by atoms with van der Waals surface area (Å²) < 4.78 is 11.4. The van der Waals surface area contributed by atoms with E-state index in [4.69, 9.17) is 9.47 Å². The molecular weight excluding hydrogens is 242 g/mol. The van der Waals surface area contributed by atoms with E-state index < -0.39 is 5.79 Å². The molecule has 0 aromatic heterocycles. The number of hydrogen-bond donors (Lipinski definition) is 1. The van der Waals surface area contributed by atoms with Crippen LogP contribution in [0, 0.1) is 0 Å². The largest absolute Gasteiger partial charge is 0.395 e. The summed E-state index contributed by atoms with van der Waals surface area (Å²) >= 11 is 0. The minimum atomic E-state index is -0.484. The number of rotatable bonds is 6. The van der Waals surface area contributed by atoms with E-state index in [1.807, 2.05) is 32.0 Å². The molecule has 0 aliphatic carbocycles. The molecule has 0 unspecified atom stereocenters. The average molecular weight is 265 g/mol. The van der Waals surface area contributed by atoms with Crippen LogP contribution >= 0.6 is 0 Å². The smallest absolute Gasteiger partial charge is 0.163 e. The second kappa shape index (κ2) is 6.48. The molecule has 1 aliphatic heterocycles. The summed E-state index contributed by atoms with van der Waals surface area (Å²) in [7, 11) is 0. The predicted molar refractivity (Wildman–Crippen MR) is 73.7 cm³/mol. The third kappa shape index (κ3) is 4.58. The lowest BCUT2D eigenvalue weighted by Crippen LogP contribution is -2.36. The van der Waals surface area contributed by atoms with Gasteiger partial charge in [0.25, 0.3) is 0 Å². The van der Waals surface area contributed by atoms with Crippen molar-refractivity contribution in [1.29, 1.82) is 0 Å². The Hall–Kier alpha value is -0.940. The summed E-state index contributed by atoms with van der Waals surface area (Å²) in [6.45, 7) is 6.88. The van der Waals surface area contributed by atoms with Crippen LogP contribution in [0.15, 0.2) is 30.3 Å². The van der Waals surface area contributed by atoms with Crippen molar-refractivity contribution in [2.24, 2.45) is 0 Å². The molecule has 1 fully saturated rings. The van der Waals surface area contributed by atoms with E-state index in [1.165, 1.54) is 5.56 Å². The average Bonchev–Trinajstić information content (AvgIpc) is 2.70. The number of hydrogen-bond acceptors (Lipinski definition) is 4. The Labute approximate surface area is 114 Å². The molecule has 19 heavy (non-hydrogen) atoms. The summed E-state index contributed by atoms with van der Waals surface area (Å²) in [6, 6.07) is 10.3. The molecule has 4 heteroatoms. The third-order valence-corrected chi connectivity index (χ3v) is 3.19. The van der Waals surface area contributed by atoms with Gasteiger partial charge in [0.2, 0.25) is 0 Å². The number of nitrogens with zero attached hydrogens (tertiary/aromatic N) is 1. The summed E-state index contributed by atoms with van der Waals surface area (Å²) in [4.78, 5) is 2.20. The predicted octanol–water partition coefficient (Wildman–Crippen LogP) is 1.63. The monoisotopic (exact) mass is 265 g/mol. The Balaban J connectivity index is 1.89. The molecule has 1 aromatic carbocycles. The minimum Gasteiger partial charge on any atom is -0.395 e. The van der Waals surface area contributed by atoms with E-state index >= 15 is 0 Å². The van der Waals surface area contributed by atoms with Crippen LogP contribution in [0.25, 0.3) is 0 Å². The Bertz CT molecular complexity index is 380. The van der Waals surface area contributed by atoms with Gasteiger partial charge in [0.1, 0.15) is 0 Å². The zero-order chi connectivity index (χ0) is 13.7. The van der Waals surface area contributed by atoms with Crippen molar-refractivity contribution in [3.05, 3.63) is 35.9 Å². The molecule has 106 valence electrons. The van der Waals surface area contributed by atoms with Gasteiger partial charge in [0.15, 0.2) is 5.79 Å². The van der Waals surface area contributed by atoms with Crippen LogP contribution in [0.5, 0.6) is 0 Å². The number of aliphatic hydroxyl groups is 1. The molecule has 1 heterocycles. The standard InChI is InChI=1S/C15H23NO3/c1-15(2)18-12-14(19-15)11-16(8-9-17)10-13-6-4-3-5-7-13/h3-7,14,17H,8-12H2,1-2H3/t14-/m1/s1. The zero-order valence-corrected chi connectivity index (χ0v) is 11.7. The van der Waals surface area contributed by atoms with E-state index in [2.05, 4.69) is 17.0 Å². The van der Waals surface area contributed by atoms with Gasteiger partial charge in [-0.3, -0.25) is 4.90 Å². The lowest BCUT2D eigenvalue weighted by molar-refractivity contribution is -0.140. The van der Waals surface area contributed by atoms with Gasteiger partial charge in [-0.2, -0.15) is 0 Å². The molecular formula is C15H23NO3. The van der Waals surface area contributed by atoms with Crippen molar-refractivity contribution in [1.82, 2.24) is 4.90 Å². The lowest BCUT2D eigenvalue weighted by atomic mass is 10.2. The summed E-state index contributed by atoms with van der Waals surface area (Å²) in [5.74, 6) is -0.484. The Kier molecular flexibility index (Phi) is 4.93. The Morgan fingerprint density at radius 1 is 1.32 bits per heavy atom. The fraction of sp³-hybridized carbons (Fsp3) is 0.600. The van der Waals surface area contributed by atoms with E-state index in [0.29, 0.717) is 13.2 Å². The van der Waals surface area contributed by atoms with Gasteiger partial charge >= 0.3 is 0 Å². The van der Waals surface area contributed by atoms with Crippen molar-refractivity contribution in [3.8, 4) is 0 Å². The molecule has 1 N–H and O–H groups in total. The van der Waals surface area contributed by atoms with Crippen molar-refractivity contribution < 1.29 is 14.6 Å². The van der Waals surface area contributed by atoms with Crippen LogP contribution in [0.3, 0.4) is 0 Å². The van der Waals surface area contributed by atoms with E-state index in [9.17, 15) is 5.11 Å². The minimum absolute atomic E-state index is 0.0743. The SMILES string of the molecule is CC1(C)OC[C@@H](CN(CCO)Cc2ccccc2)O1. The first kappa shape index (κ1) is 14.5. The molecule has 1 atom stereocenters. The van der Waals surface area contributed by atoms with Gasteiger partial charge in [-0.05, 0) is 19.4 Å². The molecule has 0 spiro atoms. The van der Waals surface area contributed by atoms with Gasteiger partial charge in [-0.15, -0.1) is 0 Å². The van der Waals surface area contributed by atoms with Crippen molar-refractivity contribution in [3.63, 3.8) is 0 Å². The van der Waals surface area contributed by atoms with Crippen LogP contribution in [-0.2, 0) is 16.0 Å². The van der Waals surface area contributed by atoms with Gasteiger partial charge in [-0.1, -0.05) is 30.3 Å². The molecule has 1 saturated heterocycles. The highest BCUT2D eigenvalue weighted by molar-refractivity contribution is 5.14. The number of aliphatic hydroxyl groups excluding tert-OH is 1. The fourth-order valence-electron chi connectivity index (χ4n) is 2.36. The number of benzene rings is 1. The maximum Gasteiger partial charge on any atom is 0.163 e. The molecule has 2 rings (SSSR count). The van der Waals surface area contributed by atoms with Gasteiger partial charge < -0.3 is 14.6 Å². The van der Waals surface area contributed by atoms with Gasteiger partial charge in [0.05, 0.1) is 19.3 Å². The lowest BCUT2D eigenvalue weighted by Gasteiger charge is -2.25. The van der Waals surface area contributed by atoms with E-state index in [-0.39, 0.29) is 12.7 Å². The first-order chi connectivity index (χ1) is 9.09. The third-order valence-electron chi connectivity index (χ3n) is 3.19.